The third kappa shape index (κ3) is 3.33. The summed E-state index contributed by atoms with van der Waals surface area (Å²) in [6, 6.07) is 7.94. The highest BCUT2D eigenvalue weighted by Crippen LogP contribution is 2.21. The van der Waals surface area contributed by atoms with Gasteiger partial charge in [-0.25, -0.2) is 8.78 Å². The van der Waals surface area contributed by atoms with Crippen LogP contribution in [0.25, 0.3) is 0 Å². The number of hydrogen-bond donors (Lipinski definition) is 2. The Morgan fingerprint density at radius 1 is 1.11 bits per heavy atom. The molecule has 6 heteroatoms. The molecule has 1 N–H and O–H groups in total. The summed E-state index contributed by atoms with van der Waals surface area (Å²) in [5.74, 6) is -2.02. The molecule has 2 aromatic carbocycles. The van der Waals surface area contributed by atoms with Crippen molar-refractivity contribution in [3.05, 3.63) is 58.1 Å². The van der Waals surface area contributed by atoms with Crippen LogP contribution in [0.2, 0.25) is 0 Å². The van der Waals surface area contributed by atoms with Crippen LogP contribution in [0.1, 0.15) is 10.4 Å². The molecule has 0 saturated heterocycles. The van der Waals surface area contributed by atoms with E-state index in [1.165, 1.54) is 30.3 Å². The highest BCUT2D eigenvalue weighted by Gasteiger charge is 2.14. The van der Waals surface area contributed by atoms with Crippen molar-refractivity contribution in [3.8, 4) is 0 Å². The first-order chi connectivity index (χ1) is 8.97. The second kappa shape index (κ2) is 5.71. The highest BCUT2D eigenvalue weighted by atomic mass is 79.9. The molecule has 98 valence electrons. The van der Waals surface area contributed by atoms with Gasteiger partial charge in [-0.1, -0.05) is 15.9 Å². The molecule has 0 aliphatic heterocycles. The van der Waals surface area contributed by atoms with Gasteiger partial charge in [-0.2, -0.15) is 0 Å². The van der Waals surface area contributed by atoms with Crippen LogP contribution in [-0.4, -0.2) is 5.91 Å². The van der Waals surface area contributed by atoms with Gasteiger partial charge in [0.2, 0.25) is 0 Å². The molecule has 0 aliphatic rings. The quantitative estimate of drug-likeness (QED) is 0.783. The third-order valence-electron chi connectivity index (χ3n) is 2.37. The van der Waals surface area contributed by atoms with Gasteiger partial charge in [0.15, 0.2) is 0 Å². The Kier molecular flexibility index (Phi) is 4.21. The van der Waals surface area contributed by atoms with Gasteiger partial charge in [0.1, 0.15) is 11.6 Å². The van der Waals surface area contributed by atoms with Crippen LogP contribution < -0.4 is 5.32 Å². The van der Waals surface area contributed by atoms with Crippen LogP contribution >= 0.6 is 28.6 Å². The minimum atomic E-state index is -0.731. The van der Waals surface area contributed by atoms with E-state index in [-0.39, 0.29) is 11.3 Å². The first kappa shape index (κ1) is 14.0. The zero-order valence-corrected chi connectivity index (χ0v) is 11.9. The summed E-state index contributed by atoms with van der Waals surface area (Å²) in [6.45, 7) is 0. The van der Waals surface area contributed by atoms with E-state index in [0.29, 0.717) is 9.37 Å². The Morgan fingerprint density at radius 3 is 2.53 bits per heavy atom. The minimum absolute atomic E-state index is 0.0247. The van der Waals surface area contributed by atoms with Gasteiger partial charge in [-0.3, -0.25) is 4.79 Å². The number of hydrogen-bond acceptors (Lipinski definition) is 2. The molecule has 0 saturated carbocycles. The first-order valence-corrected chi connectivity index (χ1v) is 6.46. The lowest BCUT2D eigenvalue weighted by atomic mass is 10.2. The number of benzene rings is 2. The summed E-state index contributed by atoms with van der Waals surface area (Å²) in [5, 5.41) is 2.32. The molecular weight excluding hydrogens is 336 g/mol. The molecular formula is C13H8BrF2NOS. The second-order valence-electron chi connectivity index (χ2n) is 3.74. The normalized spacial score (nSPS) is 10.3. The molecule has 0 fully saturated rings. The molecule has 0 aromatic heterocycles. The number of carbonyl (C=O) groups excluding carboxylic acids is 1. The largest absolute Gasteiger partial charge is 0.319 e. The van der Waals surface area contributed by atoms with Crippen molar-refractivity contribution in [2.24, 2.45) is 0 Å². The lowest BCUT2D eigenvalue weighted by Gasteiger charge is -2.08. The zero-order valence-electron chi connectivity index (χ0n) is 9.45. The van der Waals surface area contributed by atoms with Crippen LogP contribution in [0.5, 0.6) is 0 Å². The number of carbonyl (C=O) groups is 1. The fourth-order valence-corrected chi connectivity index (χ4v) is 2.03. The predicted octanol–water partition coefficient (Wildman–Crippen LogP) is 4.27. The lowest BCUT2D eigenvalue weighted by Crippen LogP contribution is -2.14. The molecule has 2 nitrogen and oxygen atoms in total. The molecule has 0 heterocycles. The molecule has 0 atom stereocenters. The molecule has 0 spiro atoms. The van der Waals surface area contributed by atoms with E-state index in [9.17, 15) is 13.6 Å². The smallest absolute Gasteiger partial charge is 0.258 e. The molecule has 0 bridgehead atoms. The molecule has 0 radical (unpaired) electrons. The lowest BCUT2D eigenvalue weighted by molar-refractivity contribution is 0.102. The van der Waals surface area contributed by atoms with Gasteiger partial charge in [0, 0.05) is 9.37 Å². The number of amides is 1. The Hall–Kier alpha value is -1.40. The van der Waals surface area contributed by atoms with Crippen LogP contribution in [0, 0.1) is 11.6 Å². The van der Waals surface area contributed by atoms with Gasteiger partial charge in [0.25, 0.3) is 5.91 Å². The summed E-state index contributed by atoms with van der Waals surface area (Å²) in [5.41, 5.74) is -0.213. The third-order valence-corrected chi connectivity index (χ3v) is 3.14. The fraction of sp³-hybridized carbons (Fsp3) is 0. The maximum Gasteiger partial charge on any atom is 0.258 e. The Morgan fingerprint density at radius 2 is 1.79 bits per heavy atom. The molecule has 1 amide bonds. The van der Waals surface area contributed by atoms with Crippen molar-refractivity contribution < 1.29 is 13.6 Å². The number of thiol groups is 1. The topological polar surface area (TPSA) is 29.1 Å². The van der Waals surface area contributed by atoms with E-state index in [4.69, 9.17) is 0 Å². The molecule has 0 aliphatic carbocycles. The molecule has 2 rings (SSSR count). The van der Waals surface area contributed by atoms with Crippen LogP contribution in [0.3, 0.4) is 0 Å². The minimum Gasteiger partial charge on any atom is -0.319 e. The van der Waals surface area contributed by atoms with Crippen molar-refractivity contribution in [1.29, 1.82) is 0 Å². The van der Waals surface area contributed by atoms with Gasteiger partial charge in [-0.05, 0) is 36.4 Å². The fourth-order valence-electron chi connectivity index (χ4n) is 1.47. The van der Waals surface area contributed by atoms with E-state index in [2.05, 4.69) is 33.9 Å². The van der Waals surface area contributed by atoms with Crippen molar-refractivity contribution >= 4 is 40.2 Å². The molecule has 2 aromatic rings. The second-order valence-corrected chi connectivity index (χ2v) is 5.17. The van der Waals surface area contributed by atoms with E-state index in [1.54, 1.807) is 0 Å². The maximum absolute atomic E-state index is 13.5. The zero-order chi connectivity index (χ0) is 14.0. The van der Waals surface area contributed by atoms with Gasteiger partial charge in [0.05, 0.1) is 11.3 Å². The van der Waals surface area contributed by atoms with E-state index in [1.807, 2.05) is 0 Å². The first-order valence-electron chi connectivity index (χ1n) is 5.22. The van der Waals surface area contributed by atoms with Crippen molar-refractivity contribution in [3.63, 3.8) is 0 Å². The average molecular weight is 344 g/mol. The Balaban J connectivity index is 2.30. The summed E-state index contributed by atoms with van der Waals surface area (Å²) >= 11 is 7.19. The van der Waals surface area contributed by atoms with Crippen molar-refractivity contribution in [2.75, 3.05) is 5.32 Å². The summed E-state index contributed by atoms with van der Waals surface area (Å²) in [6.07, 6.45) is 0. The standard InChI is InChI=1S/C13H8BrF2NOS/c14-7-1-3-11(16)12(5-7)17-13(18)9-6-8(19)2-4-10(9)15/h1-6,19H,(H,17,18). The average Bonchev–Trinajstić information content (AvgIpc) is 2.36. The van der Waals surface area contributed by atoms with Gasteiger partial charge >= 0.3 is 0 Å². The van der Waals surface area contributed by atoms with Gasteiger partial charge < -0.3 is 5.32 Å². The van der Waals surface area contributed by atoms with Crippen molar-refractivity contribution in [1.82, 2.24) is 0 Å². The number of nitrogens with one attached hydrogen (secondary N) is 1. The Bertz CT molecular complexity index is 649. The highest BCUT2D eigenvalue weighted by molar-refractivity contribution is 9.10. The molecule has 0 unspecified atom stereocenters. The van der Waals surface area contributed by atoms with Crippen LogP contribution in [0.15, 0.2) is 45.8 Å². The number of rotatable bonds is 2. The summed E-state index contributed by atoms with van der Waals surface area (Å²) in [7, 11) is 0. The van der Waals surface area contributed by atoms with Crippen molar-refractivity contribution in [2.45, 2.75) is 4.90 Å². The Labute approximate surface area is 122 Å². The summed E-state index contributed by atoms with van der Waals surface area (Å²) in [4.78, 5) is 12.3. The SMILES string of the molecule is O=C(Nc1cc(Br)ccc1F)c1cc(S)ccc1F. The number of anilines is 1. The summed E-state index contributed by atoms with van der Waals surface area (Å²) < 4.78 is 27.6. The van der Waals surface area contributed by atoms with Gasteiger partial charge in [-0.15, -0.1) is 12.6 Å². The van der Waals surface area contributed by atoms with E-state index in [0.717, 1.165) is 6.07 Å². The number of halogens is 3. The maximum atomic E-state index is 13.5. The predicted molar refractivity (Wildman–Crippen MR) is 75.7 cm³/mol. The molecule has 19 heavy (non-hydrogen) atoms. The van der Waals surface area contributed by atoms with Crippen LogP contribution in [0.4, 0.5) is 14.5 Å². The van der Waals surface area contributed by atoms with Crippen LogP contribution in [-0.2, 0) is 0 Å². The monoisotopic (exact) mass is 343 g/mol. The van der Waals surface area contributed by atoms with E-state index >= 15 is 0 Å². The van der Waals surface area contributed by atoms with E-state index < -0.39 is 17.5 Å².